The van der Waals surface area contributed by atoms with Gasteiger partial charge in [0, 0.05) is 30.6 Å². The van der Waals surface area contributed by atoms with E-state index in [-0.39, 0.29) is 66.3 Å². The van der Waals surface area contributed by atoms with Crippen LogP contribution in [0, 0.1) is 34.5 Å². The van der Waals surface area contributed by atoms with Crippen LogP contribution in [0.3, 0.4) is 0 Å². The number of hydrogen-bond donors (Lipinski definition) is 3. The van der Waals surface area contributed by atoms with Crippen molar-refractivity contribution in [2.45, 2.75) is 104 Å². The number of allylic oxidation sites excluding steroid dienone is 1. The molecule has 0 bridgehead atoms. The minimum atomic E-state index is -1.82. The van der Waals surface area contributed by atoms with Crippen molar-refractivity contribution in [2.24, 2.45) is 34.5 Å². The Kier molecular flexibility index (Phi) is 8.65. The van der Waals surface area contributed by atoms with Gasteiger partial charge in [0.2, 0.25) is 11.7 Å². The van der Waals surface area contributed by atoms with Crippen molar-refractivity contribution in [3.8, 4) is 0 Å². The minimum absolute atomic E-state index is 0.00421. The number of carboxylic acid groups (broad SMARTS) is 1. The fourth-order valence-electron chi connectivity index (χ4n) is 8.33. The molecule has 41 heavy (non-hydrogen) atoms. The molecule has 3 N–H and O–H groups in total. The number of aliphatic carboxylic acids is 1. The highest BCUT2D eigenvalue weighted by atomic mass is 16.5. The Bertz CT molecular complexity index is 1180. The van der Waals surface area contributed by atoms with E-state index >= 15 is 0 Å². The number of carboxylic acids is 1. The SMILES string of the molecule is CC[C@H](C)[C@H](NC(=O)CCC(=O)OCC(=O)[C@@]1(O)CC[C@@H]2[C@H]3CCC4=CC(=O)CC[C@]4(C)[C@@H]3C(=O)C[C@@]21C)C(=O)O. The van der Waals surface area contributed by atoms with Crippen LogP contribution in [-0.4, -0.2) is 63.7 Å². The first-order valence-electron chi connectivity index (χ1n) is 14.9. The Labute approximate surface area is 240 Å². The van der Waals surface area contributed by atoms with Crippen molar-refractivity contribution in [3.63, 3.8) is 0 Å². The van der Waals surface area contributed by atoms with Crippen molar-refractivity contribution in [2.75, 3.05) is 6.61 Å². The number of carbonyl (C=O) groups excluding carboxylic acids is 5. The van der Waals surface area contributed by atoms with Gasteiger partial charge in [0.05, 0.1) is 6.42 Å². The zero-order valence-electron chi connectivity index (χ0n) is 24.5. The van der Waals surface area contributed by atoms with Gasteiger partial charge in [-0.3, -0.25) is 24.0 Å². The van der Waals surface area contributed by atoms with Crippen LogP contribution in [0.4, 0.5) is 0 Å². The number of hydrogen-bond acceptors (Lipinski definition) is 8. The standard InChI is InChI=1S/C31H43NO9/c1-5-17(2)27(28(38)39)32-24(36)8-9-25(37)41-16-23(35)31(40)13-11-21-20-7-6-18-14-19(33)10-12-29(18,3)26(20)22(34)15-30(21,31)4/h14,17,20-21,26-27,40H,5-13,15-16H2,1-4H3,(H,32,36)(H,38,39)/t17-,20+,21+,26-,27-,29-,30-,31-/m0/s1. The summed E-state index contributed by atoms with van der Waals surface area (Å²) in [6.45, 7) is 6.74. The van der Waals surface area contributed by atoms with Crippen molar-refractivity contribution in [1.29, 1.82) is 0 Å². The van der Waals surface area contributed by atoms with Gasteiger partial charge >= 0.3 is 11.9 Å². The summed E-state index contributed by atoms with van der Waals surface area (Å²) in [5, 5.41) is 23.5. The molecule has 3 fully saturated rings. The van der Waals surface area contributed by atoms with E-state index in [4.69, 9.17) is 4.74 Å². The first-order valence-corrected chi connectivity index (χ1v) is 14.9. The Morgan fingerprint density at radius 1 is 1.10 bits per heavy atom. The molecule has 226 valence electrons. The molecule has 0 aromatic heterocycles. The molecule has 0 aromatic carbocycles. The van der Waals surface area contributed by atoms with E-state index in [2.05, 4.69) is 12.2 Å². The van der Waals surface area contributed by atoms with Gasteiger partial charge in [0.25, 0.3) is 0 Å². The molecule has 0 spiro atoms. The third-order valence-corrected chi connectivity index (χ3v) is 11.0. The van der Waals surface area contributed by atoms with Crippen LogP contribution >= 0.6 is 0 Å². The van der Waals surface area contributed by atoms with Gasteiger partial charge in [0.15, 0.2) is 12.4 Å². The molecule has 0 saturated heterocycles. The zero-order valence-corrected chi connectivity index (χ0v) is 24.5. The lowest BCUT2D eigenvalue weighted by Gasteiger charge is -2.57. The predicted molar refractivity (Wildman–Crippen MR) is 146 cm³/mol. The lowest BCUT2D eigenvalue weighted by molar-refractivity contribution is -0.173. The van der Waals surface area contributed by atoms with E-state index in [1.807, 2.05) is 6.92 Å². The number of carbonyl (C=O) groups is 6. The highest BCUT2D eigenvalue weighted by molar-refractivity contribution is 5.95. The van der Waals surface area contributed by atoms with Gasteiger partial charge in [-0.15, -0.1) is 0 Å². The summed E-state index contributed by atoms with van der Waals surface area (Å²) >= 11 is 0. The molecule has 0 radical (unpaired) electrons. The number of amides is 1. The lowest BCUT2D eigenvalue weighted by atomic mass is 9.46. The Balaban J connectivity index is 1.37. The van der Waals surface area contributed by atoms with Crippen molar-refractivity contribution in [3.05, 3.63) is 11.6 Å². The third-order valence-electron chi connectivity index (χ3n) is 11.0. The van der Waals surface area contributed by atoms with E-state index in [0.717, 1.165) is 18.4 Å². The van der Waals surface area contributed by atoms with Crippen LogP contribution < -0.4 is 5.32 Å². The fraction of sp³-hybridized carbons (Fsp3) is 0.742. The molecule has 10 nitrogen and oxygen atoms in total. The number of rotatable bonds is 10. The Hall–Kier alpha value is -2.88. The number of ether oxygens (including phenoxy) is 1. The number of esters is 1. The van der Waals surface area contributed by atoms with Gasteiger partial charge in [-0.25, -0.2) is 4.79 Å². The van der Waals surface area contributed by atoms with Crippen LogP contribution in [0.2, 0.25) is 0 Å². The summed E-state index contributed by atoms with van der Waals surface area (Å²) in [6, 6.07) is -1.07. The van der Waals surface area contributed by atoms with E-state index < -0.39 is 47.3 Å². The van der Waals surface area contributed by atoms with Crippen LogP contribution in [-0.2, 0) is 33.5 Å². The van der Waals surface area contributed by atoms with E-state index in [1.165, 1.54) is 0 Å². The predicted octanol–water partition coefficient (Wildman–Crippen LogP) is 2.94. The minimum Gasteiger partial charge on any atom is -0.480 e. The molecule has 10 heteroatoms. The van der Waals surface area contributed by atoms with E-state index in [0.29, 0.717) is 25.7 Å². The maximum Gasteiger partial charge on any atom is 0.326 e. The highest BCUT2D eigenvalue weighted by Gasteiger charge is 2.68. The van der Waals surface area contributed by atoms with Crippen LogP contribution in [0.5, 0.6) is 0 Å². The molecule has 4 aliphatic carbocycles. The summed E-state index contributed by atoms with van der Waals surface area (Å²) in [7, 11) is 0. The third kappa shape index (κ3) is 5.40. The molecular weight excluding hydrogens is 530 g/mol. The van der Waals surface area contributed by atoms with Gasteiger partial charge in [0.1, 0.15) is 17.4 Å². The van der Waals surface area contributed by atoms with Crippen LogP contribution in [0.15, 0.2) is 11.6 Å². The highest BCUT2D eigenvalue weighted by Crippen LogP contribution is 2.66. The smallest absolute Gasteiger partial charge is 0.326 e. The van der Waals surface area contributed by atoms with Crippen molar-refractivity contribution >= 4 is 35.2 Å². The van der Waals surface area contributed by atoms with E-state index in [9.17, 15) is 39.0 Å². The maximum atomic E-state index is 13.7. The average molecular weight is 574 g/mol. The number of ketones is 3. The maximum absolute atomic E-state index is 13.7. The van der Waals surface area contributed by atoms with Gasteiger partial charge in [-0.2, -0.15) is 0 Å². The summed E-state index contributed by atoms with van der Waals surface area (Å²) in [6.07, 6.45) is 4.96. The molecule has 0 unspecified atom stereocenters. The number of Topliss-reactive ketones (excluding diaryl/α,β-unsaturated/α-hetero) is 2. The van der Waals surface area contributed by atoms with Gasteiger partial charge in [-0.1, -0.05) is 39.7 Å². The molecule has 4 aliphatic rings. The number of nitrogens with one attached hydrogen (secondary N) is 1. The molecule has 8 atom stereocenters. The zero-order chi connectivity index (χ0) is 30.3. The quantitative estimate of drug-likeness (QED) is 0.333. The van der Waals surface area contributed by atoms with Crippen molar-refractivity contribution < 1.29 is 43.7 Å². The molecule has 0 aliphatic heterocycles. The number of fused-ring (bicyclic) bond motifs is 5. The summed E-state index contributed by atoms with van der Waals surface area (Å²) < 4.78 is 5.14. The van der Waals surface area contributed by atoms with E-state index in [1.54, 1.807) is 19.9 Å². The first kappa shape index (κ1) is 31.1. The van der Waals surface area contributed by atoms with Crippen molar-refractivity contribution in [1.82, 2.24) is 5.32 Å². The fourth-order valence-corrected chi connectivity index (χ4v) is 8.33. The summed E-state index contributed by atoms with van der Waals surface area (Å²) in [5.41, 5.74) is -2.13. The monoisotopic (exact) mass is 573 g/mol. The number of aliphatic hydroxyl groups is 1. The van der Waals surface area contributed by atoms with Gasteiger partial charge in [-0.05, 0) is 61.3 Å². The largest absolute Gasteiger partial charge is 0.480 e. The first-order chi connectivity index (χ1) is 19.2. The second-order valence-corrected chi connectivity index (χ2v) is 13.2. The lowest BCUT2D eigenvalue weighted by Crippen LogP contribution is -2.61. The molecule has 3 saturated carbocycles. The topological polar surface area (TPSA) is 164 Å². The molecule has 0 heterocycles. The average Bonchev–Trinajstić information content (AvgIpc) is 3.19. The Morgan fingerprint density at radius 2 is 1.80 bits per heavy atom. The molecular formula is C31H43NO9. The summed E-state index contributed by atoms with van der Waals surface area (Å²) in [4.78, 5) is 75.1. The second kappa shape index (κ2) is 11.4. The molecule has 1 amide bonds. The Morgan fingerprint density at radius 3 is 2.46 bits per heavy atom. The second-order valence-electron chi connectivity index (χ2n) is 13.2. The molecule has 4 rings (SSSR count). The van der Waals surface area contributed by atoms with Crippen LogP contribution in [0.25, 0.3) is 0 Å². The van der Waals surface area contributed by atoms with Gasteiger partial charge < -0.3 is 20.3 Å². The molecule has 0 aromatic rings. The van der Waals surface area contributed by atoms with Crippen LogP contribution in [0.1, 0.15) is 91.9 Å². The summed E-state index contributed by atoms with van der Waals surface area (Å²) in [5.74, 6) is -3.68. The normalized spacial score (nSPS) is 35.7.